The highest BCUT2D eigenvalue weighted by Gasteiger charge is 2.28. The second-order valence-electron chi connectivity index (χ2n) is 7.06. The Morgan fingerprint density at radius 1 is 1.27 bits per heavy atom. The number of benzene rings is 1. The zero-order valence-electron chi connectivity index (χ0n) is 17.5. The van der Waals surface area contributed by atoms with Gasteiger partial charge in [-0.05, 0) is 30.5 Å². The molecular formula is C20H29N5O4S. The van der Waals surface area contributed by atoms with Crippen molar-refractivity contribution < 1.29 is 17.7 Å². The number of aryl methyl sites for hydroxylation is 1. The Balaban J connectivity index is 1.43. The minimum Gasteiger partial charge on any atom is -0.497 e. The van der Waals surface area contributed by atoms with Crippen LogP contribution in [0.4, 0.5) is 0 Å². The fourth-order valence-electron chi connectivity index (χ4n) is 3.42. The first kappa shape index (κ1) is 22.1. The molecule has 0 unspecified atom stereocenters. The number of methoxy groups -OCH3 is 1. The van der Waals surface area contributed by atoms with Gasteiger partial charge in [0.05, 0.1) is 12.8 Å². The van der Waals surface area contributed by atoms with Crippen molar-refractivity contribution in [3.63, 3.8) is 0 Å². The SMILES string of the molecule is CN=C(NCCCc1cccc(OC)c1)N1CCN(S(=O)(=O)Cc2ccon2)CC1. The Labute approximate surface area is 177 Å². The quantitative estimate of drug-likeness (QED) is 0.379. The van der Waals surface area contributed by atoms with Crippen LogP contribution in [-0.4, -0.2) is 75.6 Å². The van der Waals surface area contributed by atoms with Gasteiger partial charge in [0.25, 0.3) is 0 Å². The van der Waals surface area contributed by atoms with Gasteiger partial charge in [0.2, 0.25) is 10.0 Å². The Kier molecular flexibility index (Phi) is 7.69. The molecule has 1 aliphatic heterocycles. The number of hydrogen-bond donors (Lipinski definition) is 1. The number of guanidine groups is 1. The van der Waals surface area contributed by atoms with Gasteiger partial charge in [0, 0.05) is 45.8 Å². The molecule has 30 heavy (non-hydrogen) atoms. The third-order valence-electron chi connectivity index (χ3n) is 5.02. The monoisotopic (exact) mass is 435 g/mol. The lowest BCUT2D eigenvalue weighted by atomic mass is 10.1. The van der Waals surface area contributed by atoms with E-state index in [1.165, 1.54) is 16.1 Å². The molecule has 10 heteroatoms. The van der Waals surface area contributed by atoms with E-state index in [4.69, 9.17) is 9.26 Å². The van der Waals surface area contributed by atoms with E-state index in [2.05, 4.69) is 26.4 Å². The minimum absolute atomic E-state index is 0.138. The van der Waals surface area contributed by atoms with E-state index in [-0.39, 0.29) is 5.75 Å². The number of hydrogen-bond acceptors (Lipinski definition) is 6. The van der Waals surface area contributed by atoms with Gasteiger partial charge in [-0.2, -0.15) is 4.31 Å². The molecule has 164 valence electrons. The molecule has 0 amide bonds. The van der Waals surface area contributed by atoms with Gasteiger partial charge in [0.1, 0.15) is 17.8 Å². The van der Waals surface area contributed by atoms with Gasteiger partial charge >= 0.3 is 0 Å². The maximum Gasteiger partial charge on any atom is 0.220 e. The van der Waals surface area contributed by atoms with Crippen molar-refractivity contribution in [2.24, 2.45) is 4.99 Å². The number of rotatable bonds is 8. The van der Waals surface area contributed by atoms with Crippen LogP contribution in [0, 0.1) is 0 Å². The summed E-state index contributed by atoms with van der Waals surface area (Å²) in [5.74, 6) is 1.53. The van der Waals surface area contributed by atoms with Crippen molar-refractivity contribution >= 4 is 16.0 Å². The van der Waals surface area contributed by atoms with Crippen molar-refractivity contribution in [2.45, 2.75) is 18.6 Å². The molecule has 1 N–H and O–H groups in total. The second kappa shape index (κ2) is 10.4. The van der Waals surface area contributed by atoms with E-state index in [0.717, 1.165) is 31.1 Å². The maximum atomic E-state index is 12.6. The second-order valence-corrected chi connectivity index (χ2v) is 9.03. The molecule has 1 saturated heterocycles. The maximum absolute atomic E-state index is 12.6. The van der Waals surface area contributed by atoms with Gasteiger partial charge in [-0.25, -0.2) is 8.42 Å². The summed E-state index contributed by atoms with van der Waals surface area (Å²) in [6, 6.07) is 9.65. The van der Waals surface area contributed by atoms with Gasteiger partial charge in [-0.1, -0.05) is 17.3 Å². The molecule has 1 aromatic heterocycles. The Morgan fingerprint density at radius 2 is 2.07 bits per heavy atom. The third-order valence-corrected chi connectivity index (χ3v) is 6.84. The lowest BCUT2D eigenvalue weighted by Gasteiger charge is -2.35. The first-order chi connectivity index (χ1) is 14.5. The average molecular weight is 436 g/mol. The summed E-state index contributed by atoms with van der Waals surface area (Å²) in [6.45, 7) is 2.81. The van der Waals surface area contributed by atoms with E-state index in [1.54, 1.807) is 20.2 Å². The first-order valence-electron chi connectivity index (χ1n) is 9.97. The molecule has 1 aromatic carbocycles. The Hall–Kier alpha value is -2.59. The summed E-state index contributed by atoms with van der Waals surface area (Å²) in [5, 5.41) is 7.08. The van der Waals surface area contributed by atoms with E-state index >= 15 is 0 Å². The molecule has 1 fully saturated rings. The van der Waals surface area contributed by atoms with Crippen LogP contribution in [0.2, 0.25) is 0 Å². The van der Waals surface area contributed by atoms with Gasteiger partial charge < -0.3 is 19.5 Å². The number of ether oxygens (including phenoxy) is 1. The van der Waals surface area contributed by atoms with Crippen molar-refractivity contribution in [3.05, 3.63) is 47.9 Å². The largest absolute Gasteiger partial charge is 0.497 e. The zero-order chi connectivity index (χ0) is 21.4. The highest BCUT2D eigenvalue weighted by Crippen LogP contribution is 2.14. The molecule has 0 saturated carbocycles. The predicted molar refractivity (Wildman–Crippen MR) is 115 cm³/mol. The van der Waals surface area contributed by atoms with Crippen molar-refractivity contribution in [1.29, 1.82) is 0 Å². The fraction of sp³-hybridized carbons (Fsp3) is 0.500. The van der Waals surface area contributed by atoms with E-state index in [0.29, 0.717) is 31.9 Å². The van der Waals surface area contributed by atoms with Crippen molar-refractivity contribution in [2.75, 3.05) is 46.9 Å². The highest BCUT2D eigenvalue weighted by molar-refractivity contribution is 7.88. The Bertz CT molecular complexity index is 922. The summed E-state index contributed by atoms with van der Waals surface area (Å²) < 4.78 is 36.6. The predicted octanol–water partition coefficient (Wildman–Crippen LogP) is 1.34. The van der Waals surface area contributed by atoms with Crippen LogP contribution in [0.25, 0.3) is 0 Å². The highest BCUT2D eigenvalue weighted by atomic mass is 32.2. The fourth-order valence-corrected chi connectivity index (χ4v) is 4.85. The summed E-state index contributed by atoms with van der Waals surface area (Å²) >= 11 is 0. The molecule has 0 bridgehead atoms. The van der Waals surface area contributed by atoms with Crippen LogP contribution in [0.15, 0.2) is 46.1 Å². The van der Waals surface area contributed by atoms with Crippen LogP contribution in [0.5, 0.6) is 5.75 Å². The Morgan fingerprint density at radius 3 is 2.73 bits per heavy atom. The molecular weight excluding hydrogens is 406 g/mol. The van der Waals surface area contributed by atoms with Crippen LogP contribution in [-0.2, 0) is 22.2 Å². The van der Waals surface area contributed by atoms with Crippen LogP contribution < -0.4 is 10.1 Å². The van der Waals surface area contributed by atoms with Crippen molar-refractivity contribution in [1.82, 2.24) is 19.7 Å². The zero-order valence-corrected chi connectivity index (χ0v) is 18.3. The smallest absolute Gasteiger partial charge is 0.220 e. The molecule has 0 atom stereocenters. The normalized spacial score (nSPS) is 15.9. The third kappa shape index (κ3) is 5.96. The molecule has 3 rings (SSSR count). The first-order valence-corrected chi connectivity index (χ1v) is 11.6. The topological polar surface area (TPSA) is 100 Å². The molecule has 9 nitrogen and oxygen atoms in total. The van der Waals surface area contributed by atoms with Gasteiger partial charge in [0.15, 0.2) is 5.96 Å². The lowest BCUT2D eigenvalue weighted by Crippen LogP contribution is -2.54. The molecule has 1 aliphatic rings. The number of nitrogens with zero attached hydrogens (tertiary/aromatic N) is 4. The molecule has 0 radical (unpaired) electrons. The standard InChI is InChI=1S/C20H29N5O4S/c1-21-20(22-9-4-6-17-5-3-7-19(15-17)28-2)24-10-12-25(13-11-24)30(26,27)16-18-8-14-29-23-18/h3,5,7-8,14-15H,4,6,9-13,16H2,1-2H3,(H,21,22). The molecule has 0 aliphatic carbocycles. The number of piperazine rings is 1. The number of aromatic nitrogens is 1. The number of sulfonamides is 1. The molecule has 2 aromatic rings. The van der Waals surface area contributed by atoms with Crippen LogP contribution in [0.3, 0.4) is 0 Å². The lowest BCUT2D eigenvalue weighted by molar-refractivity contribution is 0.260. The average Bonchev–Trinajstić information content (AvgIpc) is 3.26. The molecule has 2 heterocycles. The summed E-state index contributed by atoms with van der Waals surface area (Å²) in [7, 11) is 0.0129. The number of nitrogens with one attached hydrogen (secondary N) is 1. The van der Waals surface area contributed by atoms with Crippen LogP contribution >= 0.6 is 0 Å². The summed E-state index contributed by atoms with van der Waals surface area (Å²) in [6.07, 6.45) is 3.28. The summed E-state index contributed by atoms with van der Waals surface area (Å²) in [5.41, 5.74) is 1.66. The molecule has 0 spiro atoms. The van der Waals surface area contributed by atoms with Crippen LogP contribution in [0.1, 0.15) is 17.7 Å². The van der Waals surface area contributed by atoms with Gasteiger partial charge in [-0.3, -0.25) is 4.99 Å². The van der Waals surface area contributed by atoms with E-state index in [1.807, 2.05) is 18.2 Å². The van der Waals surface area contributed by atoms with E-state index < -0.39 is 10.0 Å². The van der Waals surface area contributed by atoms with E-state index in [9.17, 15) is 8.42 Å². The van der Waals surface area contributed by atoms with Crippen molar-refractivity contribution in [3.8, 4) is 5.75 Å². The number of aliphatic imine (C=N–C) groups is 1. The summed E-state index contributed by atoms with van der Waals surface area (Å²) in [4.78, 5) is 6.44. The van der Waals surface area contributed by atoms with Gasteiger partial charge in [-0.15, -0.1) is 0 Å². The minimum atomic E-state index is -3.41.